The van der Waals surface area contributed by atoms with Crippen molar-refractivity contribution in [1.29, 1.82) is 0 Å². The van der Waals surface area contributed by atoms with E-state index in [1.807, 2.05) is 30.3 Å². The smallest absolute Gasteiger partial charge is 0.312 e. The summed E-state index contributed by atoms with van der Waals surface area (Å²) in [7, 11) is 0. The van der Waals surface area contributed by atoms with Gasteiger partial charge in [-0.15, -0.1) is 0 Å². The lowest BCUT2D eigenvalue weighted by Gasteiger charge is -1.91. The molecule has 1 aromatic carbocycles. The van der Waals surface area contributed by atoms with Crippen LogP contribution >= 0.6 is 0 Å². The Hall–Kier alpha value is -2.96. The molecule has 94 valence electrons. The minimum Gasteiger partial charge on any atom is -0.479 e. The second-order valence-corrected chi connectivity index (χ2v) is 3.56. The molecule has 19 heavy (non-hydrogen) atoms. The van der Waals surface area contributed by atoms with Crippen molar-refractivity contribution >= 4 is 12.2 Å². The van der Waals surface area contributed by atoms with Gasteiger partial charge in [-0.3, -0.25) is 0 Å². The van der Waals surface area contributed by atoms with Crippen molar-refractivity contribution in [2.24, 2.45) is 4.99 Å². The largest absolute Gasteiger partial charge is 0.479 e. The fraction of sp³-hybridized carbons (Fsp3) is 0. The van der Waals surface area contributed by atoms with Crippen LogP contribution in [-0.2, 0) is 0 Å². The third kappa shape index (κ3) is 2.34. The Morgan fingerprint density at radius 2 is 2.05 bits per heavy atom. The van der Waals surface area contributed by atoms with E-state index in [4.69, 9.17) is 4.42 Å². The fourth-order valence-electron chi connectivity index (χ4n) is 1.45. The van der Waals surface area contributed by atoms with Crippen LogP contribution in [0.2, 0.25) is 0 Å². The first-order valence-electron chi connectivity index (χ1n) is 5.38. The molecule has 0 aliphatic heterocycles. The first-order valence-corrected chi connectivity index (χ1v) is 5.38. The minimum absolute atomic E-state index is 0.142. The molecule has 0 aliphatic rings. The first kappa shape index (κ1) is 11.1. The molecule has 2 heterocycles. The Balaban J connectivity index is 1.90. The number of oxazole rings is 1. The monoisotopic (exact) mass is 256 g/mol. The number of hydrogen-bond acceptors (Lipinski definition) is 7. The van der Waals surface area contributed by atoms with E-state index in [0.29, 0.717) is 5.89 Å². The molecule has 7 heteroatoms. The molecule has 0 atom stereocenters. The normalized spacial score (nSPS) is 11.2. The number of nitrogens with zero attached hydrogens (tertiary/aromatic N) is 4. The summed E-state index contributed by atoms with van der Waals surface area (Å²) in [5, 5.41) is 13.1. The number of aromatic hydroxyl groups is 1. The molecule has 0 unspecified atom stereocenters. The van der Waals surface area contributed by atoms with Gasteiger partial charge in [-0.25, -0.2) is 9.98 Å². The average molecular weight is 256 g/mol. The summed E-state index contributed by atoms with van der Waals surface area (Å²) in [6, 6.07) is 9.23. The quantitative estimate of drug-likeness (QED) is 0.721. The van der Waals surface area contributed by atoms with Gasteiger partial charge in [0.25, 0.3) is 5.95 Å². The van der Waals surface area contributed by atoms with Gasteiger partial charge in [-0.2, -0.15) is 4.98 Å². The van der Waals surface area contributed by atoms with Crippen LogP contribution in [0, 0.1) is 0 Å². The highest BCUT2D eigenvalue weighted by molar-refractivity contribution is 5.82. The molecular weight excluding hydrogens is 248 g/mol. The van der Waals surface area contributed by atoms with E-state index >= 15 is 0 Å². The zero-order chi connectivity index (χ0) is 13.1. The summed E-state index contributed by atoms with van der Waals surface area (Å²) in [6.07, 6.45) is 2.46. The second kappa shape index (κ2) is 4.73. The molecule has 2 aromatic heterocycles. The van der Waals surface area contributed by atoms with Crippen LogP contribution < -0.4 is 0 Å². The molecule has 0 aliphatic carbocycles. The molecule has 7 nitrogen and oxygen atoms in total. The molecule has 0 saturated carbocycles. The summed E-state index contributed by atoms with van der Waals surface area (Å²) in [4.78, 5) is 11.7. The SMILES string of the molecule is Oc1oc(-c2ccccc2)nc1/C=N/c1ncon1. The standard InChI is InChI=1S/C12H8N4O3/c17-11-9(6-13-12-14-7-18-16-12)15-10(19-11)8-4-2-1-3-5-8/h1-7,17H/b13-6+. The van der Waals surface area contributed by atoms with Crippen LogP contribution in [0.5, 0.6) is 5.95 Å². The maximum atomic E-state index is 9.64. The molecule has 0 radical (unpaired) electrons. The van der Waals surface area contributed by atoms with Gasteiger partial charge in [0.1, 0.15) is 0 Å². The van der Waals surface area contributed by atoms with E-state index in [1.165, 1.54) is 6.21 Å². The Morgan fingerprint density at radius 3 is 2.79 bits per heavy atom. The second-order valence-electron chi connectivity index (χ2n) is 3.56. The Morgan fingerprint density at radius 1 is 1.21 bits per heavy atom. The van der Waals surface area contributed by atoms with Crippen molar-refractivity contribution in [3.8, 4) is 17.4 Å². The third-order valence-electron chi connectivity index (χ3n) is 2.31. The zero-order valence-corrected chi connectivity index (χ0v) is 9.59. The summed E-state index contributed by atoms with van der Waals surface area (Å²) in [5.74, 6) is 0.141. The zero-order valence-electron chi connectivity index (χ0n) is 9.59. The number of aliphatic imine (C=N–C) groups is 1. The van der Waals surface area contributed by atoms with Gasteiger partial charge in [0.15, 0.2) is 5.69 Å². The topological polar surface area (TPSA) is 97.5 Å². The van der Waals surface area contributed by atoms with Crippen molar-refractivity contribution < 1.29 is 14.0 Å². The van der Waals surface area contributed by atoms with E-state index in [-0.39, 0.29) is 17.6 Å². The predicted octanol–water partition coefficient (Wildman–Crippen LogP) is 2.18. The van der Waals surface area contributed by atoms with Crippen molar-refractivity contribution in [2.45, 2.75) is 0 Å². The lowest BCUT2D eigenvalue weighted by Crippen LogP contribution is -1.82. The molecule has 0 fully saturated rings. The van der Waals surface area contributed by atoms with Gasteiger partial charge >= 0.3 is 5.95 Å². The number of hydrogen-bond donors (Lipinski definition) is 1. The van der Waals surface area contributed by atoms with Gasteiger partial charge in [-0.05, 0) is 17.3 Å². The van der Waals surface area contributed by atoms with E-state index < -0.39 is 0 Å². The molecule has 3 aromatic rings. The maximum absolute atomic E-state index is 9.64. The van der Waals surface area contributed by atoms with Crippen molar-refractivity contribution in [3.63, 3.8) is 0 Å². The van der Waals surface area contributed by atoms with E-state index in [0.717, 1.165) is 12.0 Å². The Kier molecular flexibility index (Phi) is 2.77. The Bertz CT molecular complexity index is 689. The lowest BCUT2D eigenvalue weighted by atomic mass is 10.2. The van der Waals surface area contributed by atoms with Crippen LogP contribution in [-0.4, -0.2) is 26.4 Å². The molecule has 0 saturated heterocycles. The van der Waals surface area contributed by atoms with Crippen LogP contribution in [0.15, 0.2) is 50.7 Å². The molecule has 1 N–H and O–H groups in total. The molecule has 3 rings (SSSR count). The van der Waals surface area contributed by atoms with Gasteiger partial charge in [-0.1, -0.05) is 18.2 Å². The highest BCUT2D eigenvalue weighted by Gasteiger charge is 2.12. The number of aromatic nitrogens is 3. The highest BCUT2D eigenvalue weighted by atomic mass is 16.5. The van der Waals surface area contributed by atoms with E-state index in [2.05, 4.69) is 24.6 Å². The molecule has 0 amide bonds. The third-order valence-corrected chi connectivity index (χ3v) is 2.31. The van der Waals surface area contributed by atoms with Crippen LogP contribution in [0.1, 0.15) is 5.69 Å². The van der Waals surface area contributed by atoms with Gasteiger partial charge < -0.3 is 14.0 Å². The molecule has 0 spiro atoms. The van der Waals surface area contributed by atoms with Crippen molar-refractivity contribution in [2.75, 3.05) is 0 Å². The van der Waals surface area contributed by atoms with Gasteiger partial charge in [0.2, 0.25) is 12.3 Å². The number of rotatable bonds is 3. The molecular formula is C12H8N4O3. The van der Waals surface area contributed by atoms with Gasteiger partial charge in [0, 0.05) is 5.56 Å². The fourth-order valence-corrected chi connectivity index (χ4v) is 1.45. The highest BCUT2D eigenvalue weighted by Crippen LogP contribution is 2.25. The summed E-state index contributed by atoms with van der Waals surface area (Å²) < 4.78 is 9.69. The minimum atomic E-state index is -0.314. The van der Waals surface area contributed by atoms with Crippen molar-refractivity contribution in [3.05, 3.63) is 42.4 Å². The Labute approximate surface area is 107 Å². The maximum Gasteiger partial charge on any atom is 0.312 e. The average Bonchev–Trinajstić information content (AvgIpc) is 3.07. The lowest BCUT2D eigenvalue weighted by molar-refractivity contribution is 0.337. The van der Waals surface area contributed by atoms with Crippen LogP contribution in [0.4, 0.5) is 5.95 Å². The van der Waals surface area contributed by atoms with Crippen molar-refractivity contribution in [1.82, 2.24) is 15.1 Å². The summed E-state index contributed by atoms with van der Waals surface area (Å²) in [6.45, 7) is 0. The molecule has 0 bridgehead atoms. The number of benzene rings is 1. The summed E-state index contributed by atoms with van der Waals surface area (Å²) >= 11 is 0. The predicted molar refractivity (Wildman–Crippen MR) is 65.2 cm³/mol. The summed E-state index contributed by atoms with van der Waals surface area (Å²) in [5.41, 5.74) is 0.959. The van der Waals surface area contributed by atoms with Gasteiger partial charge in [0.05, 0.1) is 6.21 Å². The first-order chi connectivity index (χ1) is 9.33. The van der Waals surface area contributed by atoms with E-state index in [1.54, 1.807) is 0 Å². The van der Waals surface area contributed by atoms with Crippen LogP contribution in [0.25, 0.3) is 11.5 Å². The van der Waals surface area contributed by atoms with Crippen LogP contribution in [0.3, 0.4) is 0 Å². The van der Waals surface area contributed by atoms with E-state index in [9.17, 15) is 5.11 Å².